The first-order valence-electron chi connectivity index (χ1n) is 4.58. The average molecular weight is 387 g/mol. The minimum absolute atomic E-state index is 0.583. The molecule has 14 heavy (non-hydrogen) atoms. The van der Waals surface area contributed by atoms with Crippen molar-refractivity contribution in [3.63, 3.8) is 0 Å². The van der Waals surface area contributed by atoms with Crippen LogP contribution in [0.25, 0.3) is 0 Å². The summed E-state index contributed by atoms with van der Waals surface area (Å²) in [5.74, 6) is 1.25. The summed E-state index contributed by atoms with van der Waals surface area (Å²) < 4.78 is 2.39. The molecule has 0 saturated heterocycles. The monoisotopic (exact) mass is 386 g/mol. The van der Waals surface area contributed by atoms with Crippen molar-refractivity contribution < 1.29 is 0 Å². The molecular formula is C11H13BrClI. The molecule has 0 bridgehead atoms. The third kappa shape index (κ3) is 3.11. The van der Waals surface area contributed by atoms with E-state index in [0.29, 0.717) is 11.8 Å². The van der Waals surface area contributed by atoms with Gasteiger partial charge in [0.15, 0.2) is 0 Å². The van der Waals surface area contributed by atoms with Gasteiger partial charge in [0, 0.05) is 13.9 Å². The van der Waals surface area contributed by atoms with Crippen LogP contribution in [0.1, 0.15) is 25.0 Å². The highest BCUT2D eigenvalue weighted by atomic mass is 127. The van der Waals surface area contributed by atoms with E-state index in [4.69, 9.17) is 11.6 Å². The van der Waals surface area contributed by atoms with Crippen LogP contribution in [-0.2, 0) is 12.3 Å². The number of hydrogen-bond acceptors (Lipinski definition) is 0. The van der Waals surface area contributed by atoms with Crippen LogP contribution < -0.4 is 0 Å². The molecule has 1 rings (SSSR count). The van der Waals surface area contributed by atoms with E-state index in [9.17, 15) is 0 Å². The third-order valence-corrected chi connectivity index (χ3v) is 4.87. The topological polar surface area (TPSA) is 0 Å². The van der Waals surface area contributed by atoms with E-state index in [1.807, 2.05) is 0 Å². The molecule has 0 aliphatic heterocycles. The van der Waals surface area contributed by atoms with Gasteiger partial charge in [-0.2, -0.15) is 0 Å². The second kappa shape index (κ2) is 5.71. The lowest BCUT2D eigenvalue weighted by Crippen LogP contribution is -2.00. The molecule has 1 aromatic rings. The zero-order valence-corrected chi connectivity index (χ0v) is 12.8. The maximum Gasteiger partial charge on any atom is 0.0488 e. The first kappa shape index (κ1) is 12.8. The van der Waals surface area contributed by atoms with E-state index < -0.39 is 0 Å². The molecule has 78 valence electrons. The van der Waals surface area contributed by atoms with Gasteiger partial charge in [-0.3, -0.25) is 0 Å². The summed E-state index contributed by atoms with van der Waals surface area (Å²) in [6, 6.07) is 4.32. The lowest BCUT2D eigenvalue weighted by molar-refractivity contribution is 0.644. The van der Waals surface area contributed by atoms with E-state index in [1.165, 1.54) is 14.7 Å². The van der Waals surface area contributed by atoms with Crippen molar-refractivity contribution in [1.82, 2.24) is 0 Å². The molecule has 0 fully saturated rings. The highest BCUT2D eigenvalue weighted by Gasteiger charge is 2.09. The Balaban J connectivity index is 3.10. The molecular weight excluding hydrogens is 374 g/mol. The second-order valence-electron chi connectivity index (χ2n) is 3.73. The summed E-state index contributed by atoms with van der Waals surface area (Å²) in [5, 5.41) is 0. The third-order valence-electron chi connectivity index (χ3n) is 2.05. The summed E-state index contributed by atoms with van der Waals surface area (Å²) in [5.41, 5.74) is 2.61. The lowest BCUT2D eigenvalue weighted by atomic mass is 9.99. The summed E-state index contributed by atoms with van der Waals surface area (Å²) in [4.78, 5) is 0. The Hall–Kier alpha value is 0.720. The standard InChI is InChI=1S/C11H13BrClI/c1-7(2)5-8-3-4-10(14)11(12)9(8)6-13/h3-4,7H,5-6H2,1-2H3. The van der Waals surface area contributed by atoms with Gasteiger partial charge in [0.05, 0.1) is 0 Å². The molecule has 0 unspecified atom stereocenters. The minimum atomic E-state index is 0.583. The van der Waals surface area contributed by atoms with Crippen molar-refractivity contribution in [1.29, 1.82) is 0 Å². The average Bonchev–Trinajstić information content (AvgIpc) is 2.11. The maximum absolute atomic E-state index is 5.96. The summed E-state index contributed by atoms with van der Waals surface area (Å²) in [7, 11) is 0. The van der Waals surface area contributed by atoms with Crippen molar-refractivity contribution in [2.24, 2.45) is 5.92 Å². The number of hydrogen-bond donors (Lipinski definition) is 0. The van der Waals surface area contributed by atoms with Crippen molar-refractivity contribution in [3.8, 4) is 0 Å². The second-order valence-corrected chi connectivity index (χ2v) is 5.95. The Morgan fingerprint density at radius 1 is 1.43 bits per heavy atom. The van der Waals surface area contributed by atoms with Crippen molar-refractivity contribution in [2.45, 2.75) is 26.1 Å². The lowest BCUT2D eigenvalue weighted by Gasteiger charge is -2.12. The molecule has 0 aromatic heterocycles. The SMILES string of the molecule is CC(C)Cc1ccc(I)c(Br)c1CCl. The predicted molar refractivity (Wildman–Crippen MR) is 75.0 cm³/mol. The van der Waals surface area contributed by atoms with Gasteiger partial charge in [-0.1, -0.05) is 19.9 Å². The highest BCUT2D eigenvalue weighted by Crippen LogP contribution is 2.29. The van der Waals surface area contributed by atoms with E-state index in [1.54, 1.807) is 0 Å². The zero-order valence-electron chi connectivity index (χ0n) is 8.28. The van der Waals surface area contributed by atoms with Crippen molar-refractivity contribution >= 4 is 50.1 Å². The van der Waals surface area contributed by atoms with Crippen molar-refractivity contribution in [2.75, 3.05) is 0 Å². The molecule has 0 atom stereocenters. The predicted octanol–water partition coefficient (Wildman–Crippen LogP) is 4.99. The number of benzene rings is 1. The van der Waals surface area contributed by atoms with E-state index in [0.717, 1.165) is 10.9 Å². The van der Waals surface area contributed by atoms with Crippen LogP contribution in [0.5, 0.6) is 0 Å². The van der Waals surface area contributed by atoms with Gasteiger partial charge in [-0.05, 0) is 68.1 Å². The van der Waals surface area contributed by atoms with E-state index in [-0.39, 0.29) is 0 Å². The first-order valence-corrected chi connectivity index (χ1v) is 6.98. The van der Waals surface area contributed by atoms with E-state index >= 15 is 0 Å². The molecule has 0 radical (unpaired) electrons. The number of alkyl halides is 1. The fraction of sp³-hybridized carbons (Fsp3) is 0.455. The number of rotatable bonds is 3. The Morgan fingerprint density at radius 3 is 2.57 bits per heavy atom. The van der Waals surface area contributed by atoms with Crippen LogP contribution in [0.3, 0.4) is 0 Å². The van der Waals surface area contributed by atoms with Crippen LogP contribution in [0.4, 0.5) is 0 Å². The van der Waals surface area contributed by atoms with Crippen LogP contribution in [0.15, 0.2) is 16.6 Å². The van der Waals surface area contributed by atoms with Crippen LogP contribution in [0, 0.1) is 9.49 Å². The van der Waals surface area contributed by atoms with Crippen molar-refractivity contribution in [3.05, 3.63) is 31.3 Å². The van der Waals surface area contributed by atoms with Gasteiger partial charge >= 0.3 is 0 Å². The van der Waals surface area contributed by atoms with Crippen LogP contribution >= 0.6 is 50.1 Å². The smallest absolute Gasteiger partial charge is 0.0488 e. The van der Waals surface area contributed by atoms with Gasteiger partial charge in [0.2, 0.25) is 0 Å². The minimum Gasteiger partial charge on any atom is -0.121 e. The van der Waals surface area contributed by atoms with Crippen LogP contribution in [0.2, 0.25) is 0 Å². The Labute approximate surface area is 113 Å². The maximum atomic E-state index is 5.96. The molecule has 0 saturated carbocycles. The Kier molecular flexibility index (Phi) is 5.21. The molecule has 0 nitrogen and oxygen atoms in total. The zero-order chi connectivity index (χ0) is 10.7. The van der Waals surface area contributed by atoms with E-state index in [2.05, 4.69) is 64.5 Å². The molecule has 0 spiro atoms. The molecule has 3 heteroatoms. The summed E-state index contributed by atoms with van der Waals surface area (Å²) in [6.45, 7) is 4.45. The molecule has 1 aromatic carbocycles. The molecule has 0 N–H and O–H groups in total. The summed E-state index contributed by atoms with van der Waals surface area (Å²) in [6.07, 6.45) is 1.09. The Bertz CT molecular complexity index is 323. The Morgan fingerprint density at radius 2 is 2.07 bits per heavy atom. The fourth-order valence-corrected chi connectivity index (χ4v) is 2.91. The number of halogens is 3. The quantitative estimate of drug-likeness (QED) is 0.506. The van der Waals surface area contributed by atoms with Crippen LogP contribution in [-0.4, -0.2) is 0 Å². The first-order chi connectivity index (χ1) is 6.56. The fourth-order valence-electron chi connectivity index (χ4n) is 1.41. The highest BCUT2D eigenvalue weighted by molar-refractivity contribution is 14.1. The normalized spacial score (nSPS) is 11.0. The summed E-state index contributed by atoms with van der Waals surface area (Å²) >= 11 is 11.9. The molecule has 0 aliphatic rings. The molecule has 0 amide bonds. The van der Waals surface area contributed by atoms with Gasteiger partial charge in [0.25, 0.3) is 0 Å². The van der Waals surface area contributed by atoms with Gasteiger partial charge in [-0.15, -0.1) is 11.6 Å². The largest absolute Gasteiger partial charge is 0.121 e. The van der Waals surface area contributed by atoms with Gasteiger partial charge in [0.1, 0.15) is 0 Å². The molecule has 0 heterocycles. The molecule has 0 aliphatic carbocycles. The van der Waals surface area contributed by atoms with Gasteiger partial charge in [-0.25, -0.2) is 0 Å². The van der Waals surface area contributed by atoms with Gasteiger partial charge < -0.3 is 0 Å².